The molecule has 0 radical (unpaired) electrons. The molecule has 1 unspecified atom stereocenters. The van der Waals surface area contributed by atoms with E-state index in [2.05, 4.69) is 10.6 Å². The van der Waals surface area contributed by atoms with Gasteiger partial charge in [-0.25, -0.2) is 0 Å². The van der Waals surface area contributed by atoms with Crippen molar-refractivity contribution in [2.75, 3.05) is 31.7 Å². The Labute approximate surface area is 163 Å². The van der Waals surface area contributed by atoms with E-state index in [1.165, 1.54) is 0 Å². The predicted molar refractivity (Wildman–Crippen MR) is 103 cm³/mol. The number of benzene rings is 2. The number of carbonyl (C=O) groups is 2. The summed E-state index contributed by atoms with van der Waals surface area (Å²) in [5.74, 6) is 0.849. The SMILES string of the molecule is O=C(NCC1CCCO1)c1ccc(C(=O)Nc2ccc3c(c2)OCCO3)cc1. The molecular formula is C21H22N2O5. The molecule has 2 aliphatic heterocycles. The Balaban J connectivity index is 1.35. The fourth-order valence-electron chi connectivity index (χ4n) is 3.21. The Hall–Kier alpha value is -3.06. The lowest BCUT2D eigenvalue weighted by Crippen LogP contribution is -2.31. The van der Waals surface area contributed by atoms with Gasteiger partial charge < -0.3 is 24.8 Å². The fraction of sp³-hybridized carbons (Fsp3) is 0.333. The maximum absolute atomic E-state index is 12.5. The van der Waals surface area contributed by atoms with Crippen LogP contribution in [0.2, 0.25) is 0 Å². The molecule has 2 aromatic carbocycles. The molecule has 2 aromatic rings. The van der Waals surface area contributed by atoms with Crippen LogP contribution in [0.4, 0.5) is 5.69 Å². The molecule has 2 N–H and O–H groups in total. The Morgan fingerprint density at radius 3 is 2.32 bits per heavy atom. The summed E-state index contributed by atoms with van der Waals surface area (Å²) in [6, 6.07) is 11.8. The molecule has 0 bridgehead atoms. The van der Waals surface area contributed by atoms with Crippen molar-refractivity contribution >= 4 is 17.5 Å². The predicted octanol–water partition coefficient (Wildman–Crippen LogP) is 2.62. The van der Waals surface area contributed by atoms with E-state index in [9.17, 15) is 9.59 Å². The third-order valence-corrected chi connectivity index (χ3v) is 4.72. The highest BCUT2D eigenvalue weighted by molar-refractivity contribution is 6.05. The van der Waals surface area contributed by atoms with Crippen LogP contribution in [0.15, 0.2) is 42.5 Å². The lowest BCUT2D eigenvalue weighted by molar-refractivity contribution is 0.0857. The van der Waals surface area contributed by atoms with E-state index in [1.54, 1.807) is 42.5 Å². The van der Waals surface area contributed by atoms with Gasteiger partial charge in [0.1, 0.15) is 13.2 Å². The molecule has 1 saturated heterocycles. The van der Waals surface area contributed by atoms with Crippen molar-refractivity contribution in [3.05, 3.63) is 53.6 Å². The van der Waals surface area contributed by atoms with Crippen LogP contribution in [0.5, 0.6) is 11.5 Å². The molecule has 0 aromatic heterocycles. The molecule has 0 saturated carbocycles. The molecule has 7 nitrogen and oxygen atoms in total. The number of rotatable bonds is 5. The van der Waals surface area contributed by atoms with Gasteiger partial charge in [-0.2, -0.15) is 0 Å². The minimum Gasteiger partial charge on any atom is -0.486 e. The minimum atomic E-state index is -0.261. The summed E-state index contributed by atoms with van der Waals surface area (Å²) in [4.78, 5) is 24.7. The molecule has 7 heteroatoms. The van der Waals surface area contributed by atoms with Crippen LogP contribution < -0.4 is 20.1 Å². The second-order valence-electron chi connectivity index (χ2n) is 6.73. The van der Waals surface area contributed by atoms with Crippen molar-refractivity contribution < 1.29 is 23.8 Å². The molecule has 2 amide bonds. The zero-order valence-electron chi connectivity index (χ0n) is 15.4. The lowest BCUT2D eigenvalue weighted by Gasteiger charge is -2.19. The van der Waals surface area contributed by atoms with Gasteiger partial charge in [0.05, 0.1) is 6.10 Å². The molecule has 0 aliphatic carbocycles. The van der Waals surface area contributed by atoms with E-state index in [-0.39, 0.29) is 17.9 Å². The third kappa shape index (κ3) is 4.26. The second kappa shape index (κ2) is 8.31. The smallest absolute Gasteiger partial charge is 0.255 e. The van der Waals surface area contributed by atoms with Crippen molar-refractivity contribution in [2.45, 2.75) is 18.9 Å². The molecule has 1 fully saturated rings. The van der Waals surface area contributed by atoms with Crippen molar-refractivity contribution in [3.8, 4) is 11.5 Å². The summed E-state index contributed by atoms with van der Waals surface area (Å²) < 4.78 is 16.5. The standard InChI is InChI=1S/C21H22N2O5/c24-20(22-13-17-2-1-9-26-17)14-3-5-15(6-4-14)21(25)23-16-7-8-18-19(12-16)28-11-10-27-18/h3-8,12,17H,1-2,9-11,13H2,(H,22,24)(H,23,25). The van der Waals surface area contributed by atoms with Crippen LogP contribution in [0, 0.1) is 0 Å². The van der Waals surface area contributed by atoms with Crippen LogP contribution in [0.25, 0.3) is 0 Å². The minimum absolute atomic E-state index is 0.0972. The van der Waals surface area contributed by atoms with Crippen molar-refractivity contribution in [1.29, 1.82) is 0 Å². The zero-order chi connectivity index (χ0) is 19.3. The summed E-state index contributed by atoms with van der Waals surface area (Å²) >= 11 is 0. The maximum atomic E-state index is 12.5. The highest BCUT2D eigenvalue weighted by Gasteiger charge is 2.17. The van der Waals surface area contributed by atoms with Gasteiger partial charge in [0.2, 0.25) is 0 Å². The summed E-state index contributed by atoms with van der Waals surface area (Å²) in [5.41, 5.74) is 1.59. The Morgan fingerprint density at radius 1 is 0.893 bits per heavy atom. The average Bonchev–Trinajstić information content (AvgIpc) is 3.26. The summed E-state index contributed by atoms with van der Waals surface area (Å²) in [5, 5.41) is 5.70. The highest BCUT2D eigenvalue weighted by atomic mass is 16.6. The van der Waals surface area contributed by atoms with Crippen molar-refractivity contribution in [1.82, 2.24) is 5.32 Å². The van der Waals surface area contributed by atoms with Gasteiger partial charge >= 0.3 is 0 Å². The van der Waals surface area contributed by atoms with Crippen LogP contribution in [-0.4, -0.2) is 44.3 Å². The monoisotopic (exact) mass is 382 g/mol. The van der Waals surface area contributed by atoms with E-state index in [4.69, 9.17) is 14.2 Å². The summed E-state index contributed by atoms with van der Waals surface area (Å²) in [6.07, 6.45) is 2.10. The first-order valence-corrected chi connectivity index (χ1v) is 9.40. The van der Waals surface area contributed by atoms with Gasteiger partial charge in [0, 0.05) is 36.0 Å². The van der Waals surface area contributed by atoms with Gasteiger partial charge in [-0.15, -0.1) is 0 Å². The number of hydrogen-bond donors (Lipinski definition) is 2. The number of fused-ring (bicyclic) bond motifs is 1. The molecule has 2 aliphatic rings. The fourth-order valence-corrected chi connectivity index (χ4v) is 3.21. The molecule has 4 rings (SSSR count). The first kappa shape index (κ1) is 18.3. The highest BCUT2D eigenvalue weighted by Crippen LogP contribution is 2.32. The molecule has 28 heavy (non-hydrogen) atoms. The second-order valence-corrected chi connectivity index (χ2v) is 6.73. The Kier molecular flexibility index (Phi) is 5.43. The van der Waals surface area contributed by atoms with Gasteiger partial charge in [-0.1, -0.05) is 0 Å². The number of hydrogen-bond acceptors (Lipinski definition) is 5. The molecule has 1 atom stereocenters. The van der Waals surface area contributed by atoms with Gasteiger partial charge in [0.15, 0.2) is 11.5 Å². The summed E-state index contributed by atoms with van der Waals surface area (Å²) in [6.45, 7) is 2.27. The quantitative estimate of drug-likeness (QED) is 0.830. The van der Waals surface area contributed by atoms with Crippen LogP contribution in [0.1, 0.15) is 33.6 Å². The summed E-state index contributed by atoms with van der Waals surface area (Å²) in [7, 11) is 0. The van der Waals surface area contributed by atoms with Crippen LogP contribution >= 0.6 is 0 Å². The number of carbonyl (C=O) groups excluding carboxylic acids is 2. The van der Waals surface area contributed by atoms with Crippen LogP contribution in [-0.2, 0) is 4.74 Å². The van der Waals surface area contributed by atoms with E-state index in [0.717, 1.165) is 19.4 Å². The van der Waals surface area contributed by atoms with E-state index >= 15 is 0 Å². The van der Waals surface area contributed by atoms with Crippen molar-refractivity contribution in [3.63, 3.8) is 0 Å². The largest absolute Gasteiger partial charge is 0.486 e. The zero-order valence-corrected chi connectivity index (χ0v) is 15.4. The molecule has 2 heterocycles. The number of ether oxygens (including phenoxy) is 3. The molecule has 0 spiro atoms. The maximum Gasteiger partial charge on any atom is 0.255 e. The first-order chi connectivity index (χ1) is 13.7. The van der Waals surface area contributed by atoms with E-state index in [1.807, 2.05) is 0 Å². The van der Waals surface area contributed by atoms with Crippen LogP contribution in [0.3, 0.4) is 0 Å². The van der Waals surface area contributed by atoms with E-state index < -0.39 is 0 Å². The Bertz CT molecular complexity index is 860. The number of anilines is 1. The molecule has 146 valence electrons. The third-order valence-electron chi connectivity index (χ3n) is 4.72. The number of nitrogens with one attached hydrogen (secondary N) is 2. The first-order valence-electron chi connectivity index (χ1n) is 9.40. The van der Waals surface area contributed by atoms with E-state index in [0.29, 0.717) is 48.1 Å². The van der Waals surface area contributed by atoms with Gasteiger partial charge in [0.25, 0.3) is 11.8 Å². The lowest BCUT2D eigenvalue weighted by atomic mass is 10.1. The number of amides is 2. The Morgan fingerprint density at radius 2 is 1.61 bits per heavy atom. The topological polar surface area (TPSA) is 85.9 Å². The van der Waals surface area contributed by atoms with Gasteiger partial charge in [-0.05, 0) is 49.2 Å². The van der Waals surface area contributed by atoms with Crippen molar-refractivity contribution in [2.24, 2.45) is 0 Å². The molecular weight excluding hydrogens is 360 g/mol. The van der Waals surface area contributed by atoms with Gasteiger partial charge in [-0.3, -0.25) is 9.59 Å². The normalized spacial score (nSPS) is 17.8. The average molecular weight is 382 g/mol.